The van der Waals surface area contributed by atoms with Crippen molar-refractivity contribution in [2.45, 2.75) is 58.0 Å². The van der Waals surface area contributed by atoms with E-state index >= 15 is 0 Å². The first-order valence-electron chi connectivity index (χ1n) is 7.71. The summed E-state index contributed by atoms with van der Waals surface area (Å²) in [6.45, 7) is 6.61. The van der Waals surface area contributed by atoms with Crippen molar-refractivity contribution in [3.63, 3.8) is 0 Å². The first-order chi connectivity index (χ1) is 9.85. The van der Waals surface area contributed by atoms with Crippen LogP contribution >= 0.6 is 0 Å². The molecule has 2 rings (SSSR count). The molecule has 4 nitrogen and oxygen atoms in total. The van der Waals surface area contributed by atoms with Crippen molar-refractivity contribution in [2.24, 2.45) is 0 Å². The summed E-state index contributed by atoms with van der Waals surface area (Å²) < 4.78 is 0. The molecule has 1 aliphatic carbocycles. The molecule has 0 aliphatic heterocycles. The van der Waals surface area contributed by atoms with Crippen LogP contribution in [0.5, 0.6) is 5.75 Å². The lowest BCUT2D eigenvalue weighted by atomic mass is 9.87. The number of fused-ring (bicyclic) bond motifs is 1. The molecule has 0 saturated carbocycles. The highest BCUT2D eigenvalue weighted by Gasteiger charge is 2.20. The van der Waals surface area contributed by atoms with E-state index in [2.05, 4.69) is 10.6 Å². The molecular formula is C17H26N2O2. The number of rotatable bonds is 4. The summed E-state index contributed by atoms with van der Waals surface area (Å²) in [6, 6.07) is 5.84. The van der Waals surface area contributed by atoms with Gasteiger partial charge in [-0.25, -0.2) is 0 Å². The second kappa shape index (κ2) is 6.48. The van der Waals surface area contributed by atoms with Crippen LogP contribution in [0.25, 0.3) is 0 Å². The fourth-order valence-corrected chi connectivity index (χ4v) is 2.84. The summed E-state index contributed by atoms with van der Waals surface area (Å²) in [6.07, 6.45) is 3.74. The van der Waals surface area contributed by atoms with E-state index in [0.717, 1.165) is 19.3 Å². The molecule has 1 amide bonds. The summed E-state index contributed by atoms with van der Waals surface area (Å²) in [5.74, 6) is 0.384. The number of nitrogens with one attached hydrogen (secondary N) is 2. The van der Waals surface area contributed by atoms with Crippen LogP contribution in [-0.2, 0) is 11.2 Å². The summed E-state index contributed by atoms with van der Waals surface area (Å²) in [5.41, 5.74) is 2.30. The Morgan fingerprint density at radius 3 is 2.86 bits per heavy atom. The van der Waals surface area contributed by atoms with E-state index in [4.69, 9.17) is 0 Å². The van der Waals surface area contributed by atoms with Gasteiger partial charge in [0.25, 0.3) is 0 Å². The van der Waals surface area contributed by atoms with Crippen molar-refractivity contribution in [3.8, 4) is 5.75 Å². The van der Waals surface area contributed by atoms with Crippen molar-refractivity contribution >= 4 is 5.91 Å². The Labute approximate surface area is 126 Å². The second-order valence-electron chi connectivity index (χ2n) is 6.83. The Kier molecular flexibility index (Phi) is 4.88. The fraction of sp³-hybridized carbons (Fsp3) is 0.588. The number of phenols is 1. The van der Waals surface area contributed by atoms with Gasteiger partial charge in [-0.3, -0.25) is 4.79 Å². The molecule has 3 N–H and O–H groups in total. The van der Waals surface area contributed by atoms with Crippen molar-refractivity contribution in [2.75, 3.05) is 6.54 Å². The Morgan fingerprint density at radius 1 is 1.38 bits per heavy atom. The zero-order chi connectivity index (χ0) is 15.5. The zero-order valence-electron chi connectivity index (χ0n) is 13.2. The number of aryl methyl sites for hydroxylation is 1. The molecule has 1 aromatic rings. The molecule has 0 fully saturated rings. The van der Waals surface area contributed by atoms with Gasteiger partial charge in [0.05, 0.1) is 0 Å². The molecule has 21 heavy (non-hydrogen) atoms. The predicted octanol–water partition coefficient (Wildman–Crippen LogP) is 2.66. The minimum Gasteiger partial charge on any atom is -0.508 e. The van der Waals surface area contributed by atoms with Gasteiger partial charge < -0.3 is 15.7 Å². The average Bonchev–Trinajstić information content (AvgIpc) is 2.37. The van der Waals surface area contributed by atoms with E-state index in [-0.39, 0.29) is 17.5 Å². The summed E-state index contributed by atoms with van der Waals surface area (Å²) in [5, 5.41) is 16.1. The van der Waals surface area contributed by atoms with E-state index in [1.807, 2.05) is 32.9 Å². The number of carbonyl (C=O) groups excluding carboxylic acids is 1. The van der Waals surface area contributed by atoms with E-state index < -0.39 is 0 Å². The Bertz CT molecular complexity index is 506. The van der Waals surface area contributed by atoms with Crippen LogP contribution in [0.15, 0.2) is 18.2 Å². The standard InChI is InChI=1S/C17H26N2O2/c1-17(2,3)19-16(21)9-10-18-15-6-4-5-12-7-8-13(20)11-14(12)15/h7-8,11,15,18,20H,4-6,9-10H2,1-3H3,(H,19,21). The number of benzene rings is 1. The van der Waals surface area contributed by atoms with E-state index in [0.29, 0.717) is 18.7 Å². The van der Waals surface area contributed by atoms with Gasteiger partial charge in [0.2, 0.25) is 5.91 Å². The number of amides is 1. The lowest BCUT2D eigenvalue weighted by molar-refractivity contribution is -0.122. The molecule has 0 spiro atoms. The quantitative estimate of drug-likeness (QED) is 0.799. The minimum absolute atomic E-state index is 0.0712. The highest BCUT2D eigenvalue weighted by atomic mass is 16.3. The van der Waals surface area contributed by atoms with Crippen molar-refractivity contribution in [1.82, 2.24) is 10.6 Å². The number of hydrogen-bond donors (Lipinski definition) is 3. The Morgan fingerprint density at radius 2 is 2.14 bits per heavy atom. The molecule has 0 radical (unpaired) electrons. The molecule has 1 unspecified atom stereocenters. The van der Waals surface area contributed by atoms with Crippen LogP contribution in [0.2, 0.25) is 0 Å². The number of aromatic hydroxyl groups is 1. The topological polar surface area (TPSA) is 61.4 Å². The van der Waals surface area contributed by atoms with Crippen molar-refractivity contribution in [3.05, 3.63) is 29.3 Å². The number of phenolic OH excluding ortho intramolecular Hbond substituents is 1. The van der Waals surface area contributed by atoms with Gasteiger partial charge in [-0.05, 0) is 63.3 Å². The monoisotopic (exact) mass is 290 g/mol. The Hall–Kier alpha value is -1.55. The normalized spacial score (nSPS) is 18.1. The molecule has 0 saturated heterocycles. The van der Waals surface area contributed by atoms with Gasteiger partial charge in [0, 0.05) is 24.5 Å². The first-order valence-corrected chi connectivity index (χ1v) is 7.71. The molecule has 1 atom stereocenters. The predicted molar refractivity (Wildman–Crippen MR) is 84.3 cm³/mol. The van der Waals surface area contributed by atoms with Crippen LogP contribution in [0.4, 0.5) is 0 Å². The second-order valence-corrected chi connectivity index (χ2v) is 6.83. The van der Waals surface area contributed by atoms with Crippen LogP contribution < -0.4 is 10.6 Å². The van der Waals surface area contributed by atoms with Crippen LogP contribution in [0.1, 0.15) is 57.2 Å². The smallest absolute Gasteiger partial charge is 0.221 e. The maximum Gasteiger partial charge on any atom is 0.221 e. The zero-order valence-corrected chi connectivity index (χ0v) is 13.2. The maximum atomic E-state index is 11.8. The molecule has 4 heteroatoms. The third kappa shape index (κ3) is 4.74. The van der Waals surface area contributed by atoms with Crippen molar-refractivity contribution < 1.29 is 9.90 Å². The lowest BCUT2D eigenvalue weighted by Gasteiger charge is -2.27. The van der Waals surface area contributed by atoms with Crippen LogP contribution in [0, 0.1) is 0 Å². The fourth-order valence-electron chi connectivity index (χ4n) is 2.84. The molecule has 0 aromatic heterocycles. The average molecular weight is 290 g/mol. The molecule has 0 bridgehead atoms. The highest BCUT2D eigenvalue weighted by Crippen LogP contribution is 2.31. The summed E-state index contributed by atoms with van der Waals surface area (Å²) >= 11 is 0. The molecular weight excluding hydrogens is 264 g/mol. The summed E-state index contributed by atoms with van der Waals surface area (Å²) in [7, 11) is 0. The van der Waals surface area contributed by atoms with Gasteiger partial charge in [0.1, 0.15) is 5.75 Å². The molecule has 1 aromatic carbocycles. The number of carbonyl (C=O) groups is 1. The third-order valence-corrected chi connectivity index (χ3v) is 3.70. The van der Waals surface area contributed by atoms with Gasteiger partial charge in [0.15, 0.2) is 0 Å². The van der Waals surface area contributed by atoms with Gasteiger partial charge in [-0.2, -0.15) is 0 Å². The van der Waals surface area contributed by atoms with Gasteiger partial charge >= 0.3 is 0 Å². The largest absolute Gasteiger partial charge is 0.508 e. The van der Waals surface area contributed by atoms with Crippen LogP contribution in [0.3, 0.4) is 0 Å². The maximum absolute atomic E-state index is 11.8. The van der Waals surface area contributed by atoms with E-state index in [1.165, 1.54) is 11.1 Å². The van der Waals surface area contributed by atoms with Crippen molar-refractivity contribution in [1.29, 1.82) is 0 Å². The highest BCUT2D eigenvalue weighted by molar-refractivity contribution is 5.76. The molecule has 0 heterocycles. The SMILES string of the molecule is CC(C)(C)NC(=O)CCNC1CCCc2ccc(O)cc21. The molecule has 116 valence electrons. The lowest BCUT2D eigenvalue weighted by Crippen LogP contribution is -2.41. The third-order valence-electron chi connectivity index (χ3n) is 3.70. The first kappa shape index (κ1) is 15.8. The molecule has 1 aliphatic rings. The minimum atomic E-state index is -0.180. The van der Waals surface area contributed by atoms with Crippen LogP contribution in [-0.4, -0.2) is 23.1 Å². The van der Waals surface area contributed by atoms with Gasteiger partial charge in [-0.1, -0.05) is 6.07 Å². The summed E-state index contributed by atoms with van der Waals surface area (Å²) in [4.78, 5) is 11.8. The number of hydrogen-bond acceptors (Lipinski definition) is 3. The van der Waals surface area contributed by atoms with E-state index in [9.17, 15) is 9.90 Å². The van der Waals surface area contributed by atoms with Gasteiger partial charge in [-0.15, -0.1) is 0 Å². The Balaban J connectivity index is 1.88. The van der Waals surface area contributed by atoms with E-state index in [1.54, 1.807) is 6.07 Å².